The maximum Gasteiger partial charge on any atom is 0.337 e. The van der Waals surface area contributed by atoms with Gasteiger partial charge in [-0.3, -0.25) is 0 Å². The number of carbonyl (C=O) groups excluding carboxylic acids is 1. The molecule has 2 N–H and O–H groups in total. The Hall–Kier alpha value is -2.37. The van der Waals surface area contributed by atoms with Crippen LogP contribution < -0.4 is 0 Å². The van der Waals surface area contributed by atoms with Crippen LogP contribution >= 0.6 is 0 Å². The molecule has 0 bridgehead atoms. The van der Waals surface area contributed by atoms with Crippen molar-refractivity contribution in [1.82, 2.24) is 0 Å². The highest BCUT2D eigenvalue weighted by molar-refractivity contribution is 5.94. The van der Waals surface area contributed by atoms with E-state index in [-0.39, 0.29) is 17.8 Å². The third-order valence-electron chi connectivity index (χ3n) is 1.44. The molecule has 0 amide bonds. The Labute approximate surface area is 105 Å². The highest BCUT2D eigenvalue weighted by Crippen LogP contribution is 2.02. The molecule has 6 heteroatoms. The summed E-state index contributed by atoms with van der Waals surface area (Å²) in [7, 11) is 0. The summed E-state index contributed by atoms with van der Waals surface area (Å²) >= 11 is 0. The van der Waals surface area contributed by atoms with Gasteiger partial charge >= 0.3 is 17.9 Å². The van der Waals surface area contributed by atoms with E-state index >= 15 is 0 Å². The number of hydrogen-bond donors (Lipinski definition) is 2. The van der Waals surface area contributed by atoms with Crippen LogP contribution in [0.2, 0.25) is 0 Å². The second-order valence-electron chi connectivity index (χ2n) is 2.92. The monoisotopic (exact) mass is 256 g/mol. The Morgan fingerprint density at radius 3 is 2.00 bits per heavy atom. The minimum atomic E-state index is -1.08. The summed E-state index contributed by atoms with van der Waals surface area (Å²) in [6.45, 7) is 9.64. The number of esters is 1. The van der Waals surface area contributed by atoms with Gasteiger partial charge in [-0.25, -0.2) is 14.4 Å². The molecule has 0 saturated carbocycles. The van der Waals surface area contributed by atoms with E-state index in [0.717, 1.165) is 6.08 Å². The third kappa shape index (κ3) is 10.2. The summed E-state index contributed by atoms with van der Waals surface area (Å²) in [5.41, 5.74) is 0.0970. The van der Waals surface area contributed by atoms with Gasteiger partial charge in [0.2, 0.25) is 0 Å². The number of carbonyl (C=O) groups is 3. The van der Waals surface area contributed by atoms with Gasteiger partial charge in [-0.1, -0.05) is 13.2 Å². The van der Waals surface area contributed by atoms with Crippen LogP contribution in [0.15, 0.2) is 36.5 Å². The quantitative estimate of drug-likeness (QED) is 0.438. The molecule has 0 atom stereocenters. The predicted octanol–water partition coefficient (Wildman–Crippen LogP) is 1.39. The van der Waals surface area contributed by atoms with E-state index in [1.165, 1.54) is 13.0 Å². The van der Waals surface area contributed by atoms with Crippen molar-refractivity contribution in [3.63, 3.8) is 0 Å². The Bertz CT molecular complexity index is 378. The van der Waals surface area contributed by atoms with Crippen LogP contribution in [0.25, 0.3) is 0 Å². The van der Waals surface area contributed by atoms with Gasteiger partial charge in [-0.2, -0.15) is 0 Å². The van der Waals surface area contributed by atoms with Gasteiger partial charge in [-0.05, 0) is 19.9 Å². The van der Waals surface area contributed by atoms with Gasteiger partial charge in [0.25, 0.3) is 0 Å². The maximum atomic E-state index is 10.9. The molecule has 0 aliphatic rings. The van der Waals surface area contributed by atoms with E-state index in [0.29, 0.717) is 0 Å². The molecular formula is C12H16O6. The van der Waals surface area contributed by atoms with Crippen molar-refractivity contribution in [3.05, 3.63) is 36.5 Å². The first-order valence-corrected chi connectivity index (χ1v) is 4.89. The van der Waals surface area contributed by atoms with Crippen LogP contribution in [0, 0.1) is 0 Å². The minimum absolute atomic E-state index is 0.0433. The SMILES string of the molecule is C=C(C=C(C)C(=O)O)C(=O)OCC.C=CC(=O)O. The second-order valence-corrected chi connectivity index (χ2v) is 2.92. The Kier molecular flexibility index (Phi) is 9.83. The molecule has 0 aliphatic heterocycles. The summed E-state index contributed by atoms with van der Waals surface area (Å²) in [6.07, 6.45) is 2.01. The average Bonchev–Trinajstić information content (AvgIpc) is 2.29. The Balaban J connectivity index is 0. The maximum absolute atomic E-state index is 10.9. The Morgan fingerprint density at radius 2 is 1.72 bits per heavy atom. The average molecular weight is 256 g/mol. The van der Waals surface area contributed by atoms with Gasteiger partial charge in [-0.15, -0.1) is 0 Å². The van der Waals surface area contributed by atoms with Crippen molar-refractivity contribution in [1.29, 1.82) is 0 Å². The van der Waals surface area contributed by atoms with Crippen molar-refractivity contribution in [2.45, 2.75) is 13.8 Å². The van der Waals surface area contributed by atoms with Crippen molar-refractivity contribution in [2.75, 3.05) is 6.61 Å². The van der Waals surface area contributed by atoms with E-state index < -0.39 is 17.9 Å². The number of aliphatic carboxylic acids is 2. The molecule has 0 unspecified atom stereocenters. The normalized spacial score (nSPS) is 9.56. The molecule has 0 rings (SSSR count). The van der Waals surface area contributed by atoms with Crippen LogP contribution in [-0.4, -0.2) is 34.7 Å². The molecule has 0 fully saturated rings. The lowest BCUT2D eigenvalue weighted by atomic mass is 10.2. The van der Waals surface area contributed by atoms with E-state index in [2.05, 4.69) is 17.9 Å². The Morgan fingerprint density at radius 1 is 1.28 bits per heavy atom. The molecular weight excluding hydrogens is 240 g/mol. The van der Waals surface area contributed by atoms with Crippen LogP contribution in [0.3, 0.4) is 0 Å². The zero-order chi connectivity index (χ0) is 14.7. The van der Waals surface area contributed by atoms with Crippen LogP contribution in [0.1, 0.15) is 13.8 Å². The standard InChI is InChI=1S/C9H12O4.C3H4O2/c1-4-13-9(12)7(3)5-6(2)8(10)11;1-2-3(4)5/h5H,3-4H2,1-2H3,(H,10,11);2H,1H2,(H,4,5). The number of carboxylic acids is 2. The lowest BCUT2D eigenvalue weighted by Gasteiger charge is -2.00. The number of hydrogen-bond acceptors (Lipinski definition) is 4. The lowest BCUT2D eigenvalue weighted by molar-refractivity contribution is -0.138. The smallest absolute Gasteiger partial charge is 0.337 e. The van der Waals surface area contributed by atoms with Crippen LogP contribution in [-0.2, 0) is 19.1 Å². The van der Waals surface area contributed by atoms with Crippen molar-refractivity contribution in [3.8, 4) is 0 Å². The molecule has 0 aromatic carbocycles. The van der Waals surface area contributed by atoms with Gasteiger partial charge < -0.3 is 14.9 Å². The van der Waals surface area contributed by atoms with Crippen molar-refractivity contribution >= 4 is 17.9 Å². The second kappa shape index (κ2) is 9.83. The van der Waals surface area contributed by atoms with E-state index in [9.17, 15) is 14.4 Å². The lowest BCUT2D eigenvalue weighted by Crippen LogP contribution is -2.06. The largest absolute Gasteiger partial charge is 0.478 e. The van der Waals surface area contributed by atoms with Gasteiger partial charge in [0.15, 0.2) is 0 Å². The van der Waals surface area contributed by atoms with E-state index in [1.54, 1.807) is 6.92 Å². The molecule has 0 heterocycles. The molecule has 100 valence electrons. The van der Waals surface area contributed by atoms with Crippen LogP contribution in [0.5, 0.6) is 0 Å². The molecule has 6 nitrogen and oxygen atoms in total. The van der Waals surface area contributed by atoms with Gasteiger partial charge in [0.1, 0.15) is 0 Å². The van der Waals surface area contributed by atoms with Gasteiger partial charge in [0.05, 0.1) is 12.2 Å². The molecule has 0 saturated heterocycles. The molecule has 0 aromatic rings. The van der Waals surface area contributed by atoms with E-state index in [4.69, 9.17) is 10.2 Å². The van der Waals surface area contributed by atoms with Crippen molar-refractivity contribution in [2.24, 2.45) is 0 Å². The van der Waals surface area contributed by atoms with Gasteiger partial charge in [0, 0.05) is 11.6 Å². The zero-order valence-corrected chi connectivity index (χ0v) is 10.3. The third-order valence-corrected chi connectivity index (χ3v) is 1.44. The fourth-order valence-corrected chi connectivity index (χ4v) is 0.606. The summed E-state index contributed by atoms with van der Waals surface area (Å²) in [5, 5.41) is 16.1. The van der Waals surface area contributed by atoms with Crippen molar-refractivity contribution < 1.29 is 29.3 Å². The summed E-state index contributed by atoms with van der Waals surface area (Å²) < 4.78 is 4.61. The highest BCUT2D eigenvalue weighted by atomic mass is 16.5. The molecule has 0 aromatic heterocycles. The first kappa shape index (κ1) is 18.0. The fourth-order valence-electron chi connectivity index (χ4n) is 0.606. The summed E-state index contributed by atoms with van der Waals surface area (Å²) in [5.74, 6) is -2.65. The summed E-state index contributed by atoms with van der Waals surface area (Å²) in [4.78, 5) is 30.5. The molecule has 18 heavy (non-hydrogen) atoms. The summed E-state index contributed by atoms with van der Waals surface area (Å²) in [6, 6.07) is 0. The first-order valence-electron chi connectivity index (χ1n) is 4.89. The topological polar surface area (TPSA) is 101 Å². The van der Waals surface area contributed by atoms with Crippen LogP contribution in [0.4, 0.5) is 0 Å². The fraction of sp³-hybridized carbons (Fsp3) is 0.250. The molecule has 0 spiro atoms. The number of carboxylic acid groups (broad SMARTS) is 2. The molecule has 0 radical (unpaired) electrons. The van der Waals surface area contributed by atoms with E-state index in [1.807, 2.05) is 0 Å². The number of rotatable bonds is 5. The number of ether oxygens (including phenoxy) is 1. The predicted molar refractivity (Wildman–Crippen MR) is 65.0 cm³/mol. The minimum Gasteiger partial charge on any atom is -0.478 e. The molecule has 0 aliphatic carbocycles. The zero-order valence-electron chi connectivity index (χ0n) is 10.3. The first-order chi connectivity index (χ1) is 8.26. The highest BCUT2D eigenvalue weighted by Gasteiger charge is 2.07.